The molecule has 0 spiro atoms. The third-order valence-corrected chi connectivity index (χ3v) is 2.60. The molecule has 1 heterocycles. The molecule has 2 aromatic rings. The SMILES string of the molecule is O=C(O)C(Cc1ccoc1)c1ccccc1F. The van der Waals surface area contributed by atoms with Crippen molar-refractivity contribution in [1.29, 1.82) is 0 Å². The van der Waals surface area contributed by atoms with Gasteiger partial charge in [-0.3, -0.25) is 4.79 Å². The van der Waals surface area contributed by atoms with Gasteiger partial charge < -0.3 is 9.52 Å². The molecule has 1 aromatic carbocycles. The average Bonchev–Trinajstić information content (AvgIpc) is 2.79. The van der Waals surface area contributed by atoms with Crippen molar-refractivity contribution in [2.75, 3.05) is 0 Å². The lowest BCUT2D eigenvalue weighted by molar-refractivity contribution is -0.138. The number of carboxylic acids is 1. The van der Waals surface area contributed by atoms with Crippen molar-refractivity contribution < 1.29 is 18.7 Å². The van der Waals surface area contributed by atoms with Crippen LogP contribution in [0.15, 0.2) is 47.3 Å². The van der Waals surface area contributed by atoms with Gasteiger partial charge in [0.25, 0.3) is 0 Å². The molecule has 2 rings (SSSR count). The van der Waals surface area contributed by atoms with Gasteiger partial charge in [-0.2, -0.15) is 0 Å². The third-order valence-electron chi connectivity index (χ3n) is 2.60. The molecule has 0 aliphatic rings. The molecular formula is C13H11FO3. The first-order chi connectivity index (χ1) is 8.18. The van der Waals surface area contributed by atoms with Gasteiger partial charge in [-0.1, -0.05) is 18.2 Å². The Labute approximate surface area is 97.5 Å². The number of hydrogen-bond donors (Lipinski definition) is 1. The summed E-state index contributed by atoms with van der Waals surface area (Å²) in [5.74, 6) is -2.44. The minimum atomic E-state index is -1.05. The molecule has 0 bridgehead atoms. The molecule has 0 radical (unpaired) electrons. The molecule has 1 N–H and O–H groups in total. The zero-order valence-electron chi connectivity index (χ0n) is 8.97. The lowest BCUT2D eigenvalue weighted by Gasteiger charge is -2.12. The molecule has 88 valence electrons. The Kier molecular flexibility index (Phi) is 3.23. The molecule has 1 unspecified atom stereocenters. The van der Waals surface area contributed by atoms with Gasteiger partial charge in [-0.05, 0) is 24.1 Å². The molecule has 0 saturated carbocycles. The van der Waals surface area contributed by atoms with Crippen molar-refractivity contribution in [3.05, 3.63) is 59.8 Å². The van der Waals surface area contributed by atoms with Gasteiger partial charge in [-0.25, -0.2) is 4.39 Å². The summed E-state index contributed by atoms with van der Waals surface area (Å²) in [7, 11) is 0. The second-order valence-corrected chi connectivity index (χ2v) is 3.75. The van der Waals surface area contributed by atoms with Gasteiger partial charge in [0.15, 0.2) is 0 Å². The van der Waals surface area contributed by atoms with E-state index in [9.17, 15) is 9.18 Å². The maximum atomic E-state index is 13.5. The standard InChI is InChI=1S/C13H11FO3/c14-12-4-2-1-3-10(12)11(13(15)16)7-9-5-6-17-8-9/h1-6,8,11H,7H2,(H,15,16). The summed E-state index contributed by atoms with van der Waals surface area (Å²) < 4.78 is 18.4. The minimum Gasteiger partial charge on any atom is -0.481 e. The van der Waals surface area contributed by atoms with Crippen LogP contribution >= 0.6 is 0 Å². The minimum absolute atomic E-state index is 0.196. The largest absolute Gasteiger partial charge is 0.481 e. The molecule has 3 nitrogen and oxygen atoms in total. The summed E-state index contributed by atoms with van der Waals surface area (Å²) in [6, 6.07) is 7.60. The summed E-state index contributed by atoms with van der Waals surface area (Å²) in [4.78, 5) is 11.2. The summed E-state index contributed by atoms with van der Waals surface area (Å²) in [6.45, 7) is 0. The topological polar surface area (TPSA) is 50.4 Å². The molecule has 0 aliphatic carbocycles. The van der Waals surface area contributed by atoms with Gasteiger partial charge in [0, 0.05) is 5.56 Å². The molecule has 0 saturated heterocycles. The number of carbonyl (C=O) groups is 1. The van der Waals surface area contributed by atoms with Crippen LogP contribution in [0.25, 0.3) is 0 Å². The fourth-order valence-electron chi connectivity index (χ4n) is 1.73. The first-order valence-electron chi connectivity index (χ1n) is 5.17. The average molecular weight is 234 g/mol. The van der Waals surface area contributed by atoms with E-state index in [2.05, 4.69) is 0 Å². The van der Waals surface area contributed by atoms with Crippen LogP contribution in [0.3, 0.4) is 0 Å². The molecule has 4 heteroatoms. The smallest absolute Gasteiger partial charge is 0.311 e. The number of benzene rings is 1. The molecule has 0 amide bonds. The van der Waals surface area contributed by atoms with Crippen molar-refractivity contribution in [3.8, 4) is 0 Å². The van der Waals surface area contributed by atoms with Gasteiger partial charge in [-0.15, -0.1) is 0 Å². The van der Waals surface area contributed by atoms with E-state index in [4.69, 9.17) is 9.52 Å². The van der Waals surface area contributed by atoms with E-state index < -0.39 is 17.7 Å². The van der Waals surface area contributed by atoms with Crippen molar-refractivity contribution in [2.24, 2.45) is 0 Å². The van der Waals surface area contributed by atoms with E-state index in [1.54, 1.807) is 12.1 Å². The summed E-state index contributed by atoms with van der Waals surface area (Å²) in [5.41, 5.74) is 0.932. The Balaban J connectivity index is 2.30. The summed E-state index contributed by atoms with van der Waals surface area (Å²) in [6.07, 6.45) is 3.15. The van der Waals surface area contributed by atoms with Crippen LogP contribution in [0.2, 0.25) is 0 Å². The molecule has 1 atom stereocenters. The molecule has 0 fully saturated rings. The highest BCUT2D eigenvalue weighted by Gasteiger charge is 2.23. The highest BCUT2D eigenvalue weighted by Crippen LogP contribution is 2.24. The Morgan fingerprint density at radius 2 is 2.12 bits per heavy atom. The Morgan fingerprint density at radius 3 is 2.71 bits per heavy atom. The second kappa shape index (κ2) is 4.82. The molecular weight excluding hydrogens is 223 g/mol. The van der Waals surface area contributed by atoms with E-state index in [-0.39, 0.29) is 12.0 Å². The van der Waals surface area contributed by atoms with E-state index in [1.165, 1.54) is 30.7 Å². The van der Waals surface area contributed by atoms with E-state index in [0.29, 0.717) is 0 Å². The van der Waals surface area contributed by atoms with E-state index in [1.807, 2.05) is 0 Å². The predicted molar refractivity (Wildman–Crippen MR) is 59.2 cm³/mol. The van der Waals surface area contributed by atoms with Crippen molar-refractivity contribution in [1.82, 2.24) is 0 Å². The molecule has 17 heavy (non-hydrogen) atoms. The Morgan fingerprint density at radius 1 is 1.35 bits per heavy atom. The van der Waals surface area contributed by atoms with Crippen molar-refractivity contribution >= 4 is 5.97 Å². The normalized spacial score (nSPS) is 12.3. The van der Waals surface area contributed by atoms with Crippen LogP contribution in [0.4, 0.5) is 4.39 Å². The number of aliphatic carboxylic acids is 1. The number of halogens is 1. The Hall–Kier alpha value is -2.10. The number of carboxylic acid groups (broad SMARTS) is 1. The summed E-state index contributed by atoms with van der Waals surface area (Å²) in [5, 5.41) is 9.15. The van der Waals surface area contributed by atoms with Crippen LogP contribution in [-0.2, 0) is 11.2 Å². The van der Waals surface area contributed by atoms with Gasteiger partial charge in [0.1, 0.15) is 5.82 Å². The fraction of sp³-hybridized carbons (Fsp3) is 0.154. The van der Waals surface area contributed by atoms with E-state index in [0.717, 1.165) is 5.56 Å². The number of hydrogen-bond acceptors (Lipinski definition) is 2. The second-order valence-electron chi connectivity index (χ2n) is 3.75. The van der Waals surface area contributed by atoms with Gasteiger partial charge in [0.05, 0.1) is 18.4 Å². The Bertz CT molecular complexity index is 505. The van der Waals surface area contributed by atoms with Crippen LogP contribution in [0.1, 0.15) is 17.0 Å². The molecule has 1 aromatic heterocycles. The maximum absolute atomic E-state index is 13.5. The number of furan rings is 1. The highest BCUT2D eigenvalue weighted by atomic mass is 19.1. The lowest BCUT2D eigenvalue weighted by Crippen LogP contribution is -2.15. The predicted octanol–water partition coefficient (Wildman–Crippen LogP) is 2.83. The van der Waals surface area contributed by atoms with Crippen LogP contribution in [0, 0.1) is 5.82 Å². The number of rotatable bonds is 4. The third kappa shape index (κ3) is 2.53. The fourth-order valence-corrected chi connectivity index (χ4v) is 1.73. The first kappa shape index (κ1) is 11.4. The van der Waals surface area contributed by atoms with E-state index >= 15 is 0 Å². The molecule has 0 aliphatic heterocycles. The van der Waals surface area contributed by atoms with Gasteiger partial charge in [0.2, 0.25) is 0 Å². The monoisotopic (exact) mass is 234 g/mol. The quantitative estimate of drug-likeness (QED) is 0.884. The van der Waals surface area contributed by atoms with Gasteiger partial charge >= 0.3 is 5.97 Å². The van der Waals surface area contributed by atoms with Crippen LogP contribution < -0.4 is 0 Å². The van der Waals surface area contributed by atoms with Crippen molar-refractivity contribution in [3.63, 3.8) is 0 Å². The highest BCUT2D eigenvalue weighted by molar-refractivity contribution is 5.76. The van der Waals surface area contributed by atoms with Crippen molar-refractivity contribution in [2.45, 2.75) is 12.3 Å². The van der Waals surface area contributed by atoms with Crippen LogP contribution in [-0.4, -0.2) is 11.1 Å². The zero-order valence-corrected chi connectivity index (χ0v) is 8.97. The maximum Gasteiger partial charge on any atom is 0.311 e. The van der Waals surface area contributed by atoms with Crippen LogP contribution in [0.5, 0.6) is 0 Å². The first-order valence-corrected chi connectivity index (χ1v) is 5.17. The zero-order chi connectivity index (χ0) is 12.3. The summed E-state index contributed by atoms with van der Waals surface area (Å²) >= 11 is 0. The lowest BCUT2D eigenvalue weighted by atomic mass is 9.93.